The number of carbonyl (C=O) groups is 1. The molecule has 0 fully saturated rings. The second-order valence-electron chi connectivity index (χ2n) is 7.32. The molecule has 1 heterocycles. The van der Waals surface area contributed by atoms with E-state index in [0.717, 1.165) is 58.8 Å². The van der Waals surface area contributed by atoms with Crippen molar-refractivity contribution in [3.63, 3.8) is 0 Å². The highest BCUT2D eigenvalue weighted by atomic mass is 79.9. The Morgan fingerprint density at radius 1 is 1.10 bits per heavy atom. The fraction of sp³-hybridized carbons (Fsp3) is 0.292. The number of benzene rings is 2. The molecule has 158 valence electrons. The zero-order chi connectivity index (χ0) is 21.3. The molecular formula is C24H27BrClN3O. The third kappa shape index (κ3) is 6.64. The molecule has 0 saturated heterocycles. The van der Waals surface area contributed by atoms with Crippen LogP contribution in [-0.2, 0) is 13.1 Å². The summed E-state index contributed by atoms with van der Waals surface area (Å²) in [6, 6.07) is 19.5. The molecule has 0 bridgehead atoms. The predicted molar refractivity (Wildman–Crippen MR) is 128 cm³/mol. The fourth-order valence-corrected chi connectivity index (χ4v) is 3.79. The van der Waals surface area contributed by atoms with Crippen molar-refractivity contribution in [3.05, 3.63) is 87.6 Å². The lowest BCUT2D eigenvalue weighted by molar-refractivity contribution is 0.206. The predicted octanol–water partition coefficient (Wildman–Crippen LogP) is 7.18. The van der Waals surface area contributed by atoms with Crippen LogP contribution in [0, 0.1) is 0 Å². The van der Waals surface area contributed by atoms with Crippen LogP contribution >= 0.6 is 27.5 Å². The summed E-state index contributed by atoms with van der Waals surface area (Å²) in [4.78, 5) is 14.9. The summed E-state index contributed by atoms with van der Waals surface area (Å²) >= 11 is 9.56. The SMILES string of the molecule is CCCCCN(Cc1cccn1Cc1cccc(Cl)c1)C(=O)Nc1ccc(Br)cc1. The monoisotopic (exact) mass is 487 g/mol. The maximum atomic E-state index is 13.0. The summed E-state index contributed by atoms with van der Waals surface area (Å²) in [7, 11) is 0. The molecule has 0 unspecified atom stereocenters. The molecule has 0 spiro atoms. The number of amides is 2. The van der Waals surface area contributed by atoms with E-state index >= 15 is 0 Å². The van der Waals surface area contributed by atoms with Gasteiger partial charge in [-0.15, -0.1) is 0 Å². The minimum absolute atomic E-state index is 0.0797. The Balaban J connectivity index is 1.72. The van der Waals surface area contributed by atoms with E-state index in [0.29, 0.717) is 6.54 Å². The highest BCUT2D eigenvalue weighted by Crippen LogP contribution is 2.17. The van der Waals surface area contributed by atoms with E-state index in [1.54, 1.807) is 0 Å². The Hall–Kier alpha value is -2.24. The lowest BCUT2D eigenvalue weighted by atomic mass is 10.2. The topological polar surface area (TPSA) is 37.3 Å². The average molecular weight is 489 g/mol. The average Bonchev–Trinajstić information content (AvgIpc) is 3.15. The van der Waals surface area contributed by atoms with Gasteiger partial charge in [-0.25, -0.2) is 4.79 Å². The van der Waals surface area contributed by atoms with Crippen LogP contribution in [-0.4, -0.2) is 22.0 Å². The number of hydrogen-bond acceptors (Lipinski definition) is 1. The lowest BCUT2D eigenvalue weighted by Gasteiger charge is -2.24. The van der Waals surface area contributed by atoms with Gasteiger partial charge < -0.3 is 14.8 Å². The number of aromatic nitrogens is 1. The molecule has 2 amide bonds. The normalized spacial score (nSPS) is 10.8. The number of urea groups is 1. The molecule has 0 aliphatic rings. The highest BCUT2D eigenvalue weighted by molar-refractivity contribution is 9.10. The summed E-state index contributed by atoms with van der Waals surface area (Å²) in [5.41, 5.74) is 3.02. The van der Waals surface area contributed by atoms with Crippen LogP contribution in [0.4, 0.5) is 10.5 Å². The van der Waals surface area contributed by atoms with Gasteiger partial charge in [-0.05, 0) is 60.5 Å². The summed E-state index contributed by atoms with van der Waals surface area (Å²) in [6.07, 6.45) is 5.26. The van der Waals surface area contributed by atoms with E-state index in [4.69, 9.17) is 11.6 Å². The molecule has 4 nitrogen and oxygen atoms in total. The molecule has 0 radical (unpaired) electrons. The van der Waals surface area contributed by atoms with Crippen molar-refractivity contribution in [2.75, 3.05) is 11.9 Å². The maximum Gasteiger partial charge on any atom is 0.322 e. The van der Waals surface area contributed by atoms with E-state index in [1.165, 1.54) is 0 Å². The van der Waals surface area contributed by atoms with Crippen molar-refractivity contribution in [2.24, 2.45) is 0 Å². The highest BCUT2D eigenvalue weighted by Gasteiger charge is 2.16. The zero-order valence-electron chi connectivity index (χ0n) is 17.2. The molecule has 3 rings (SSSR count). The summed E-state index contributed by atoms with van der Waals surface area (Å²) in [6.45, 7) is 4.17. The summed E-state index contributed by atoms with van der Waals surface area (Å²) in [5, 5.41) is 3.76. The van der Waals surface area contributed by atoms with Crippen molar-refractivity contribution in [2.45, 2.75) is 39.3 Å². The molecule has 0 saturated carbocycles. The van der Waals surface area contributed by atoms with Crippen LogP contribution in [0.1, 0.15) is 37.4 Å². The largest absolute Gasteiger partial charge is 0.345 e. The van der Waals surface area contributed by atoms with Gasteiger partial charge in [0.05, 0.1) is 6.54 Å². The number of nitrogens with one attached hydrogen (secondary N) is 1. The summed E-state index contributed by atoms with van der Waals surface area (Å²) < 4.78 is 3.16. The molecule has 30 heavy (non-hydrogen) atoms. The van der Waals surface area contributed by atoms with Gasteiger partial charge >= 0.3 is 6.03 Å². The van der Waals surface area contributed by atoms with Gasteiger partial charge in [0.25, 0.3) is 0 Å². The Bertz CT molecular complexity index is 955. The standard InChI is InChI=1S/C24H27BrClN3O/c1-2-3-4-14-29(24(30)27-22-12-10-20(25)11-13-22)18-23-9-6-15-28(23)17-19-7-5-8-21(26)16-19/h5-13,15-16H,2-4,14,17-18H2,1H3,(H,27,30). The van der Waals surface area contributed by atoms with E-state index in [2.05, 4.69) is 44.9 Å². The molecule has 1 N–H and O–H groups in total. The molecular weight excluding hydrogens is 462 g/mol. The quantitative estimate of drug-likeness (QED) is 0.318. The molecule has 1 aromatic heterocycles. The number of halogens is 2. The maximum absolute atomic E-state index is 13.0. The number of carbonyl (C=O) groups excluding carboxylic acids is 1. The van der Waals surface area contributed by atoms with Crippen LogP contribution in [0.2, 0.25) is 5.02 Å². The van der Waals surface area contributed by atoms with E-state index in [-0.39, 0.29) is 6.03 Å². The first-order valence-corrected chi connectivity index (χ1v) is 11.4. The number of hydrogen-bond donors (Lipinski definition) is 1. The van der Waals surface area contributed by atoms with Gasteiger partial charge in [0.15, 0.2) is 0 Å². The Kier molecular flexibility index (Phi) is 8.40. The zero-order valence-corrected chi connectivity index (χ0v) is 19.5. The Morgan fingerprint density at radius 2 is 1.90 bits per heavy atom. The van der Waals surface area contributed by atoms with Crippen LogP contribution in [0.25, 0.3) is 0 Å². The molecule has 6 heteroatoms. The van der Waals surface area contributed by atoms with Crippen molar-refractivity contribution in [1.29, 1.82) is 0 Å². The first kappa shape index (κ1) is 22.4. The Morgan fingerprint density at radius 3 is 2.63 bits per heavy atom. The second-order valence-corrected chi connectivity index (χ2v) is 8.68. The van der Waals surface area contributed by atoms with Gasteiger partial charge in [-0.2, -0.15) is 0 Å². The van der Waals surface area contributed by atoms with Gasteiger partial charge in [0, 0.05) is 40.2 Å². The van der Waals surface area contributed by atoms with E-state index in [9.17, 15) is 4.79 Å². The molecule has 2 aromatic carbocycles. The van der Waals surface area contributed by atoms with Gasteiger partial charge in [-0.3, -0.25) is 0 Å². The first-order valence-electron chi connectivity index (χ1n) is 10.2. The van der Waals surface area contributed by atoms with Crippen molar-refractivity contribution in [3.8, 4) is 0 Å². The Labute approximate surface area is 192 Å². The van der Waals surface area contributed by atoms with Crippen molar-refractivity contribution < 1.29 is 4.79 Å². The van der Waals surface area contributed by atoms with Gasteiger partial charge in [0.1, 0.15) is 0 Å². The number of anilines is 1. The molecule has 0 aliphatic carbocycles. The van der Waals surface area contributed by atoms with Gasteiger partial charge in [-0.1, -0.05) is 59.4 Å². The third-order valence-electron chi connectivity index (χ3n) is 4.93. The number of nitrogens with zero attached hydrogens (tertiary/aromatic N) is 2. The number of unbranched alkanes of at least 4 members (excludes halogenated alkanes) is 2. The van der Waals surface area contributed by atoms with Gasteiger partial charge in [0.2, 0.25) is 0 Å². The third-order valence-corrected chi connectivity index (χ3v) is 5.70. The van der Waals surface area contributed by atoms with Crippen LogP contribution in [0.15, 0.2) is 71.3 Å². The van der Waals surface area contributed by atoms with Crippen LogP contribution < -0.4 is 5.32 Å². The smallest absolute Gasteiger partial charge is 0.322 e. The van der Waals surface area contributed by atoms with Crippen LogP contribution in [0.5, 0.6) is 0 Å². The first-order chi connectivity index (χ1) is 14.5. The van der Waals surface area contributed by atoms with Crippen molar-refractivity contribution >= 4 is 39.2 Å². The minimum Gasteiger partial charge on any atom is -0.345 e. The van der Waals surface area contributed by atoms with E-state index < -0.39 is 0 Å². The fourth-order valence-electron chi connectivity index (χ4n) is 3.32. The van der Waals surface area contributed by atoms with Crippen LogP contribution in [0.3, 0.4) is 0 Å². The molecule has 0 aliphatic heterocycles. The van der Waals surface area contributed by atoms with E-state index in [1.807, 2.05) is 59.6 Å². The second kappa shape index (κ2) is 11.2. The summed E-state index contributed by atoms with van der Waals surface area (Å²) in [5.74, 6) is 0. The molecule has 3 aromatic rings. The lowest BCUT2D eigenvalue weighted by Crippen LogP contribution is -2.36. The minimum atomic E-state index is -0.0797. The molecule has 0 atom stereocenters. The van der Waals surface area contributed by atoms with Crippen molar-refractivity contribution in [1.82, 2.24) is 9.47 Å². The number of rotatable bonds is 9.